The van der Waals surface area contributed by atoms with Crippen LogP contribution in [0, 0.1) is 0 Å². The van der Waals surface area contributed by atoms with Gasteiger partial charge < -0.3 is 9.26 Å². The molecule has 21 heavy (non-hydrogen) atoms. The van der Waals surface area contributed by atoms with Gasteiger partial charge in [0.1, 0.15) is 11.4 Å². The molecule has 1 heterocycles. The summed E-state index contributed by atoms with van der Waals surface area (Å²) in [5, 5.41) is 4.17. The van der Waals surface area contributed by atoms with Crippen molar-refractivity contribution in [1.82, 2.24) is 10.1 Å². The molecule has 0 amide bonds. The molecule has 0 radical (unpaired) electrons. The summed E-state index contributed by atoms with van der Waals surface area (Å²) in [4.78, 5) is 16.8. The predicted molar refractivity (Wildman–Crippen MR) is 76.9 cm³/mol. The van der Waals surface area contributed by atoms with E-state index >= 15 is 0 Å². The molecule has 0 aromatic carbocycles. The summed E-state index contributed by atoms with van der Waals surface area (Å²) in [5.74, 6) is 1.20. The maximum atomic E-state index is 12.2. The monoisotopic (exact) mass is 292 g/mol. The van der Waals surface area contributed by atoms with Crippen LogP contribution in [0.1, 0.15) is 82.3 Å². The van der Waals surface area contributed by atoms with Crippen molar-refractivity contribution < 1.29 is 14.1 Å². The van der Waals surface area contributed by atoms with Crippen LogP contribution in [-0.4, -0.2) is 22.5 Å². The van der Waals surface area contributed by atoms with Crippen LogP contribution >= 0.6 is 0 Å². The molecule has 1 unspecified atom stereocenters. The molecule has 1 atom stereocenters. The number of ether oxygens (including phenoxy) is 1. The molecule has 1 aromatic rings. The Morgan fingerprint density at radius 1 is 1.24 bits per heavy atom. The molecule has 0 saturated heterocycles. The predicted octanol–water partition coefficient (Wildman–Crippen LogP) is 3.49. The summed E-state index contributed by atoms with van der Waals surface area (Å²) >= 11 is 0. The molecule has 1 aromatic heterocycles. The lowest BCUT2D eigenvalue weighted by Crippen LogP contribution is -2.27. The Morgan fingerprint density at radius 2 is 2.05 bits per heavy atom. The van der Waals surface area contributed by atoms with Gasteiger partial charge in [-0.2, -0.15) is 4.98 Å². The first-order chi connectivity index (χ1) is 10.2. The first kappa shape index (κ1) is 14.7. The van der Waals surface area contributed by atoms with Crippen molar-refractivity contribution in [3.8, 4) is 0 Å². The highest BCUT2D eigenvalue weighted by atomic mass is 16.5. The van der Waals surface area contributed by atoms with Gasteiger partial charge in [0.15, 0.2) is 0 Å². The van der Waals surface area contributed by atoms with Crippen molar-refractivity contribution in [1.29, 1.82) is 0 Å². The highest BCUT2D eigenvalue weighted by Crippen LogP contribution is 2.41. The molecular formula is C16H24N2O3. The van der Waals surface area contributed by atoms with Crippen LogP contribution in [0.2, 0.25) is 0 Å². The van der Waals surface area contributed by atoms with Crippen molar-refractivity contribution in [2.75, 3.05) is 6.61 Å². The molecule has 0 spiro atoms. The summed E-state index contributed by atoms with van der Waals surface area (Å²) in [6, 6.07) is 0. The number of Topliss-reactive ketones (excluding diaryl/α,β-unsaturated/α-hetero) is 1. The third kappa shape index (κ3) is 2.89. The van der Waals surface area contributed by atoms with Gasteiger partial charge in [-0.1, -0.05) is 18.0 Å². The van der Waals surface area contributed by atoms with E-state index in [-0.39, 0.29) is 17.3 Å². The molecule has 5 nitrogen and oxygen atoms in total. The average molecular weight is 292 g/mol. The lowest BCUT2D eigenvalue weighted by molar-refractivity contribution is -0.120. The van der Waals surface area contributed by atoms with Gasteiger partial charge >= 0.3 is 0 Å². The fourth-order valence-electron chi connectivity index (χ4n) is 3.64. The van der Waals surface area contributed by atoms with E-state index in [2.05, 4.69) is 10.1 Å². The molecule has 2 aliphatic carbocycles. The number of rotatable bonds is 4. The molecule has 2 fully saturated rings. The molecule has 0 aliphatic heterocycles. The van der Waals surface area contributed by atoms with Gasteiger partial charge in [-0.15, -0.1) is 0 Å². The average Bonchev–Trinajstić information content (AvgIpc) is 3.09. The summed E-state index contributed by atoms with van der Waals surface area (Å²) < 4.78 is 11.4. The van der Waals surface area contributed by atoms with E-state index in [0.717, 1.165) is 51.4 Å². The minimum absolute atomic E-state index is 0.200. The number of ketones is 1. The van der Waals surface area contributed by atoms with Gasteiger partial charge in [0.25, 0.3) is 0 Å². The second-order valence-electron chi connectivity index (χ2n) is 6.21. The van der Waals surface area contributed by atoms with Crippen molar-refractivity contribution in [2.24, 2.45) is 0 Å². The standard InChI is InChI=1S/C16H24N2O3/c1-2-20-16(10-6-7-11-16)15-17-14(21-18-15)12-8-4-3-5-9-13(12)19/h12H,2-11H2,1H3. The van der Waals surface area contributed by atoms with Crippen molar-refractivity contribution in [2.45, 2.75) is 76.2 Å². The van der Waals surface area contributed by atoms with Gasteiger partial charge in [0, 0.05) is 13.0 Å². The van der Waals surface area contributed by atoms with Gasteiger partial charge in [0.2, 0.25) is 11.7 Å². The van der Waals surface area contributed by atoms with Crippen LogP contribution in [-0.2, 0) is 15.1 Å². The van der Waals surface area contributed by atoms with E-state index in [0.29, 0.717) is 24.7 Å². The molecule has 2 aliphatic rings. The third-order valence-electron chi connectivity index (χ3n) is 4.78. The normalized spacial score (nSPS) is 26.0. The molecule has 116 valence electrons. The first-order valence-electron chi connectivity index (χ1n) is 8.26. The lowest BCUT2D eigenvalue weighted by Gasteiger charge is -2.24. The van der Waals surface area contributed by atoms with Crippen LogP contribution in [0.25, 0.3) is 0 Å². The smallest absolute Gasteiger partial charge is 0.237 e. The second-order valence-corrected chi connectivity index (χ2v) is 6.21. The molecule has 0 N–H and O–H groups in total. The van der Waals surface area contributed by atoms with Gasteiger partial charge in [0.05, 0.1) is 5.92 Å². The Kier molecular flexibility index (Phi) is 4.38. The minimum Gasteiger partial charge on any atom is -0.367 e. The van der Waals surface area contributed by atoms with E-state index in [1.165, 1.54) is 0 Å². The van der Waals surface area contributed by atoms with Crippen molar-refractivity contribution in [3.63, 3.8) is 0 Å². The van der Waals surface area contributed by atoms with E-state index < -0.39 is 0 Å². The summed E-state index contributed by atoms with van der Waals surface area (Å²) in [7, 11) is 0. The van der Waals surface area contributed by atoms with E-state index in [1.807, 2.05) is 6.92 Å². The number of carbonyl (C=O) groups excluding carboxylic acids is 1. The zero-order valence-corrected chi connectivity index (χ0v) is 12.8. The quantitative estimate of drug-likeness (QED) is 0.795. The van der Waals surface area contributed by atoms with Crippen LogP contribution in [0.3, 0.4) is 0 Å². The zero-order valence-electron chi connectivity index (χ0n) is 12.8. The highest BCUT2D eigenvalue weighted by molar-refractivity contribution is 5.84. The van der Waals surface area contributed by atoms with Crippen LogP contribution in [0.5, 0.6) is 0 Å². The number of hydrogen-bond acceptors (Lipinski definition) is 5. The summed E-state index contributed by atoms with van der Waals surface area (Å²) in [6.07, 6.45) is 8.78. The fourth-order valence-corrected chi connectivity index (χ4v) is 3.64. The SMILES string of the molecule is CCOC1(c2noc(C3CCCCCC3=O)n2)CCCC1. The van der Waals surface area contributed by atoms with E-state index in [1.54, 1.807) is 0 Å². The Hall–Kier alpha value is -1.23. The Bertz CT molecular complexity index is 491. The summed E-state index contributed by atoms with van der Waals surface area (Å²) in [5.41, 5.74) is -0.385. The Labute approximate surface area is 125 Å². The van der Waals surface area contributed by atoms with E-state index in [9.17, 15) is 4.79 Å². The Morgan fingerprint density at radius 3 is 2.81 bits per heavy atom. The maximum absolute atomic E-state index is 12.2. The van der Waals surface area contributed by atoms with Crippen molar-refractivity contribution in [3.05, 3.63) is 11.7 Å². The lowest BCUT2D eigenvalue weighted by atomic mass is 9.98. The first-order valence-corrected chi connectivity index (χ1v) is 8.26. The van der Waals surface area contributed by atoms with E-state index in [4.69, 9.17) is 9.26 Å². The molecule has 3 rings (SSSR count). The molecular weight excluding hydrogens is 268 g/mol. The fraction of sp³-hybridized carbons (Fsp3) is 0.812. The maximum Gasteiger partial charge on any atom is 0.237 e. The molecule has 0 bridgehead atoms. The van der Waals surface area contributed by atoms with Crippen LogP contribution in [0.4, 0.5) is 0 Å². The van der Waals surface area contributed by atoms with Crippen molar-refractivity contribution >= 4 is 5.78 Å². The number of carbonyl (C=O) groups is 1. The largest absolute Gasteiger partial charge is 0.367 e. The minimum atomic E-state index is -0.385. The van der Waals surface area contributed by atoms with Crippen LogP contribution in [0.15, 0.2) is 4.52 Å². The topological polar surface area (TPSA) is 65.2 Å². The molecule has 2 saturated carbocycles. The van der Waals surface area contributed by atoms with Crippen LogP contribution < -0.4 is 0 Å². The van der Waals surface area contributed by atoms with Gasteiger partial charge in [-0.3, -0.25) is 4.79 Å². The van der Waals surface area contributed by atoms with Gasteiger partial charge in [-0.25, -0.2) is 0 Å². The number of hydrogen-bond donors (Lipinski definition) is 0. The Balaban J connectivity index is 1.83. The third-order valence-corrected chi connectivity index (χ3v) is 4.78. The number of aromatic nitrogens is 2. The highest BCUT2D eigenvalue weighted by Gasteiger charge is 2.41. The molecule has 5 heteroatoms. The number of nitrogens with zero attached hydrogens (tertiary/aromatic N) is 2. The summed E-state index contributed by atoms with van der Waals surface area (Å²) in [6.45, 7) is 2.64. The van der Waals surface area contributed by atoms with Gasteiger partial charge in [-0.05, 0) is 45.4 Å². The second kappa shape index (κ2) is 6.26. The zero-order chi connectivity index (χ0) is 14.7.